The van der Waals surface area contributed by atoms with E-state index in [1.807, 2.05) is 52.8 Å². The van der Waals surface area contributed by atoms with Crippen LogP contribution in [0.1, 0.15) is 57.2 Å². The van der Waals surface area contributed by atoms with Crippen LogP contribution in [-0.4, -0.2) is 56.8 Å². The van der Waals surface area contributed by atoms with Crippen LogP contribution in [0, 0.1) is 12.3 Å². The van der Waals surface area contributed by atoms with E-state index in [1.54, 1.807) is 59.8 Å². The molecular formula is C38H41N5O6S. The Hall–Kier alpha value is -4.94. The zero-order valence-corrected chi connectivity index (χ0v) is 29.6. The molecule has 11 nitrogen and oxygen atoms in total. The average Bonchev–Trinajstić information content (AvgIpc) is 3.70. The highest BCUT2D eigenvalue weighted by Gasteiger charge is 2.44. The molecule has 1 aliphatic heterocycles. The molecule has 0 radical (unpaired) electrons. The van der Waals surface area contributed by atoms with Crippen LogP contribution in [0.3, 0.4) is 0 Å². The number of aromatic nitrogens is 3. The van der Waals surface area contributed by atoms with Crippen molar-refractivity contribution < 1.29 is 27.8 Å². The van der Waals surface area contributed by atoms with E-state index in [1.165, 1.54) is 10.2 Å². The second-order valence-electron chi connectivity index (χ2n) is 14.5. The zero-order chi connectivity index (χ0) is 35.4. The van der Waals surface area contributed by atoms with Gasteiger partial charge in [0.2, 0.25) is 0 Å². The van der Waals surface area contributed by atoms with Gasteiger partial charge in [0.1, 0.15) is 29.1 Å². The predicted molar refractivity (Wildman–Crippen MR) is 191 cm³/mol. The predicted octanol–water partition coefficient (Wildman–Crippen LogP) is 7.26. The van der Waals surface area contributed by atoms with E-state index in [0.717, 1.165) is 29.5 Å². The van der Waals surface area contributed by atoms with E-state index in [0.29, 0.717) is 53.3 Å². The molecule has 0 saturated heterocycles. The van der Waals surface area contributed by atoms with Crippen molar-refractivity contribution in [2.75, 3.05) is 11.9 Å². The molecule has 1 fully saturated rings. The minimum absolute atomic E-state index is 0.127. The largest absolute Gasteiger partial charge is 0.457 e. The van der Waals surface area contributed by atoms with Crippen molar-refractivity contribution in [1.82, 2.24) is 18.8 Å². The summed E-state index contributed by atoms with van der Waals surface area (Å²) >= 11 is 0. The van der Waals surface area contributed by atoms with Crippen molar-refractivity contribution in [3.63, 3.8) is 0 Å². The number of hydrogen-bond donors (Lipinski definition) is 2. The molecule has 1 amide bonds. The minimum Gasteiger partial charge on any atom is -0.457 e. The standard InChI is InChI=1S/C38H41N5O6S/c1-24-6-10-29(11-7-24)50(46,47)43-23-30(26-12-17-39-32(21-26)41-35(44)38(5)15-16-38)33-31(13-18-40-34(33)43)48-28-9-8-25-14-19-42(22-27(25)20-28)36(45)49-37(2,3)4/h6-13,17-18,20-21,23,35,44H,14-16,19,22H2,1-5H3,(H,39,41). The number of benzene rings is 2. The number of carbonyl (C=O) groups is 1. The Labute approximate surface area is 291 Å². The summed E-state index contributed by atoms with van der Waals surface area (Å²) in [5.41, 5.74) is 3.61. The third-order valence-electron chi connectivity index (χ3n) is 9.32. The van der Waals surface area contributed by atoms with Gasteiger partial charge in [0, 0.05) is 42.7 Å². The van der Waals surface area contributed by atoms with Gasteiger partial charge in [0.15, 0.2) is 5.65 Å². The molecule has 0 spiro atoms. The number of amides is 1. The Morgan fingerprint density at radius 2 is 1.74 bits per heavy atom. The lowest BCUT2D eigenvalue weighted by atomic mass is 10.00. The number of carbonyl (C=O) groups excluding carboxylic acids is 1. The highest BCUT2D eigenvalue weighted by atomic mass is 32.2. The highest BCUT2D eigenvalue weighted by Crippen LogP contribution is 2.48. The van der Waals surface area contributed by atoms with Gasteiger partial charge >= 0.3 is 6.09 Å². The summed E-state index contributed by atoms with van der Waals surface area (Å²) in [4.78, 5) is 23.6. The van der Waals surface area contributed by atoms with Crippen LogP contribution in [0.4, 0.5) is 10.6 Å². The maximum Gasteiger partial charge on any atom is 0.410 e. The first-order valence-corrected chi connectivity index (χ1v) is 18.2. The number of fused-ring (bicyclic) bond motifs is 2. The molecule has 2 aliphatic rings. The van der Waals surface area contributed by atoms with Gasteiger partial charge in [0.05, 0.1) is 10.3 Å². The minimum atomic E-state index is -4.06. The maximum absolute atomic E-state index is 14.1. The monoisotopic (exact) mass is 695 g/mol. The molecule has 4 heterocycles. The zero-order valence-electron chi connectivity index (χ0n) is 28.8. The van der Waals surface area contributed by atoms with Gasteiger partial charge in [-0.2, -0.15) is 0 Å². The van der Waals surface area contributed by atoms with E-state index in [-0.39, 0.29) is 22.1 Å². The van der Waals surface area contributed by atoms with E-state index >= 15 is 0 Å². The van der Waals surface area contributed by atoms with Crippen LogP contribution >= 0.6 is 0 Å². The Balaban J connectivity index is 1.30. The van der Waals surface area contributed by atoms with Crippen LogP contribution in [0.5, 0.6) is 11.5 Å². The molecular weight excluding hydrogens is 655 g/mol. The number of nitrogens with zero attached hydrogens (tertiary/aromatic N) is 4. The fraction of sp³-hybridized carbons (Fsp3) is 0.342. The molecule has 2 aromatic carbocycles. The number of anilines is 1. The fourth-order valence-electron chi connectivity index (χ4n) is 6.08. The molecule has 7 rings (SSSR count). The number of rotatable bonds is 8. The molecule has 12 heteroatoms. The lowest BCUT2D eigenvalue weighted by Crippen LogP contribution is -2.39. The van der Waals surface area contributed by atoms with Gasteiger partial charge in [-0.1, -0.05) is 30.7 Å². The molecule has 5 aromatic rings. The molecule has 1 unspecified atom stereocenters. The first kappa shape index (κ1) is 33.6. The molecule has 3 aromatic heterocycles. The number of aliphatic hydroxyl groups is 1. The first-order chi connectivity index (χ1) is 23.7. The van der Waals surface area contributed by atoms with Crippen LogP contribution < -0.4 is 10.1 Å². The molecule has 260 valence electrons. The number of aryl methyl sites for hydroxylation is 1. The molecule has 1 aliphatic carbocycles. The van der Waals surface area contributed by atoms with E-state index < -0.39 is 21.9 Å². The van der Waals surface area contributed by atoms with Gasteiger partial charge < -0.3 is 24.8 Å². The topological polar surface area (TPSA) is 136 Å². The summed E-state index contributed by atoms with van der Waals surface area (Å²) in [5, 5.41) is 14.4. The third-order valence-corrected chi connectivity index (χ3v) is 11.0. The van der Waals surface area contributed by atoms with Crippen molar-refractivity contribution >= 4 is 33.0 Å². The number of ether oxygens (including phenoxy) is 2. The molecule has 0 bridgehead atoms. The van der Waals surface area contributed by atoms with Gasteiger partial charge in [-0.15, -0.1) is 0 Å². The van der Waals surface area contributed by atoms with Gasteiger partial charge in [-0.25, -0.2) is 27.2 Å². The molecule has 2 N–H and O–H groups in total. The van der Waals surface area contributed by atoms with Crippen molar-refractivity contribution in [3.8, 4) is 22.6 Å². The first-order valence-electron chi connectivity index (χ1n) is 16.7. The van der Waals surface area contributed by atoms with E-state index in [2.05, 4.69) is 15.3 Å². The van der Waals surface area contributed by atoms with Crippen molar-refractivity contribution in [2.45, 2.75) is 77.2 Å². The molecule has 1 saturated carbocycles. The van der Waals surface area contributed by atoms with Crippen LogP contribution in [0.25, 0.3) is 22.2 Å². The van der Waals surface area contributed by atoms with Gasteiger partial charge in [-0.3, -0.25) is 0 Å². The second-order valence-corrected chi connectivity index (χ2v) is 16.3. The summed E-state index contributed by atoms with van der Waals surface area (Å²) in [6, 6.07) is 17.7. The number of aliphatic hydroxyl groups excluding tert-OH is 1. The number of nitrogens with one attached hydrogen (secondary N) is 1. The van der Waals surface area contributed by atoms with Crippen LogP contribution in [0.15, 0.2) is 84.1 Å². The average molecular weight is 696 g/mol. The SMILES string of the molecule is Cc1ccc(S(=O)(=O)n2cc(-c3ccnc(NC(O)C4(C)CC4)c3)c3c(Oc4ccc5c(c4)CN(C(=O)OC(C)(C)C)CC5)ccnc32)cc1. The van der Waals surface area contributed by atoms with Crippen molar-refractivity contribution in [1.29, 1.82) is 0 Å². The van der Waals surface area contributed by atoms with Crippen LogP contribution in [0.2, 0.25) is 0 Å². The normalized spacial score (nSPS) is 16.1. The Bertz CT molecular complexity index is 2200. The number of hydrogen-bond acceptors (Lipinski definition) is 9. The van der Waals surface area contributed by atoms with Crippen molar-refractivity contribution in [3.05, 3.63) is 95.9 Å². The summed E-state index contributed by atoms with van der Waals surface area (Å²) in [7, 11) is -4.06. The highest BCUT2D eigenvalue weighted by molar-refractivity contribution is 7.90. The maximum atomic E-state index is 14.1. The Kier molecular flexibility index (Phi) is 8.34. The third kappa shape index (κ3) is 6.65. The molecule has 50 heavy (non-hydrogen) atoms. The van der Waals surface area contributed by atoms with Crippen LogP contribution in [-0.2, 0) is 27.7 Å². The van der Waals surface area contributed by atoms with Gasteiger partial charge in [-0.05, 0) is 106 Å². The lowest BCUT2D eigenvalue weighted by Gasteiger charge is -2.31. The van der Waals surface area contributed by atoms with Crippen molar-refractivity contribution in [2.24, 2.45) is 5.41 Å². The lowest BCUT2D eigenvalue weighted by molar-refractivity contribution is 0.0223. The number of pyridine rings is 2. The summed E-state index contributed by atoms with van der Waals surface area (Å²) < 4.78 is 41.6. The Morgan fingerprint density at radius 1 is 1.00 bits per heavy atom. The summed E-state index contributed by atoms with van der Waals surface area (Å²) in [5.74, 6) is 1.39. The second kappa shape index (κ2) is 12.4. The fourth-order valence-corrected chi connectivity index (χ4v) is 7.39. The van der Waals surface area contributed by atoms with E-state index in [4.69, 9.17) is 9.47 Å². The summed E-state index contributed by atoms with van der Waals surface area (Å²) in [6.45, 7) is 10.4. The Morgan fingerprint density at radius 3 is 2.46 bits per heavy atom. The smallest absolute Gasteiger partial charge is 0.410 e. The molecule has 1 atom stereocenters. The van der Waals surface area contributed by atoms with E-state index in [9.17, 15) is 18.3 Å². The quantitative estimate of drug-likeness (QED) is 0.161. The summed E-state index contributed by atoms with van der Waals surface area (Å²) in [6.07, 6.45) is 6.08. The van der Waals surface area contributed by atoms with Gasteiger partial charge in [0.25, 0.3) is 10.0 Å².